The lowest BCUT2D eigenvalue weighted by Crippen LogP contribution is -2.40. The number of carbonyl (C=O) groups excluding carboxylic acids is 1. The molecular weight excluding hydrogens is 359 g/mol. The van der Waals surface area contributed by atoms with Crippen molar-refractivity contribution in [3.63, 3.8) is 0 Å². The minimum Gasteiger partial charge on any atom is -0.481 e. The van der Waals surface area contributed by atoms with Crippen molar-refractivity contribution in [2.45, 2.75) is 38.1 Å². The molecular formula is C19H20F3N3O2. The molecule has 0 aliphatic heterocycles. The first kappa shape index (κ1) is 19.0. The predicted octanol–water partition coefficient (Wildman–Crippen LogP) is 3.98. The van der Waals surface area contributed by atoms with Gasteiger partial charge in [-0.2, -0.15) is 13.2 Å². The maximum absolute atomic E-state index is 12.7. The van der Waals surface area contributed by atoms with Crippen molar-refractivity contribution in [1.82, 2.24) is 15.2 Å². The number of aromatic nitrogens is 1. The van der Waals surface area contributed by atoms with Gasteiger partial charge in [-0.15, -0.1) is 0 Å². The second-order valence-electron chi connectivity index (χ2n) is 6.42. The average molecular weight is 379 g/mol. The van der Waals surface area contributed by atoms with Crippen molar-refractivity contribution in [3.8, 4) is 5.88 Å². The Hall–Kier alpha value is -2.77. The zero-order valence-electron chi connectivity index (χ0n) is 14.8. The number of pyridine rings is 1. The van der Waals surface area contributed by atoms with E-state index in [2.05, 4.69) is 10.3 Å². The summed E-state index contributed by atoms with van der Waals surface area (Å²) in [7, 11) is 1.52. The maximum atomic E-state index is 12.7. The molecule has 1 aromatic carbocycles. The third-order valence-electron chi connectivity index (χ3n) is 4.33. The standard InChI is InChI=1S/C19H20F3N3O2/c1-27-17-10-14(8-9-23-17)11-24-18(26)25(16-6-7-16)12-13-2-4-15(5-3-13)19(20,21)22/h2-5,8-10,16H,6-7,11-12H2,1H3,(H,24,26). The van der Waals surface area contributed by atoms with E-state index in [4.69, 9.17) is 4.74 Å². The van der Waals surface area contributed by atoms with Crippen LogP contribution in [0.1, 0.15) is 29.5 Å². The van der Waals surface area contributed by atoms with Gasteiger partial charge < -0.3 is 15.0 Å². The molecule has 1 aliphatic carbocycles. The Bertz CT molecular complexity index is 790. The van der Waals surface area contributed by atoms with Gasteiger partial charge in [-0.25, -0.2) is 9.78 Å². The lowest BCUT2D eigenvalue weighted by atomic mass is 10.1. The Labute approximate surface area is 155 Å². The summed E-state index contributed by atoms with van der Waals surface area (Å²) >= 11 is 0. The molecule has 0 spiro atoms. The number of urea groups is 1. The van der Waals surface area contributed by atoms with E-state index in [1.54, 1.807) is 23.2 Å². The van der Waals surface area contributed by atoms with Crippen molar-refractivity contribution < 1.29 is 22.7 Å². The molecule has 1 saturated carbocycles. The van der Waals surface area contributed by atoms with Gasteiger partial charge in [0.2, 0.25) is 5.88 Å². The average Bonchev–Trinajstić information content (AvgIpc) is 3.49. The van der Waals surface area contributed by atoms with Gasteiger partial charge in [0, 0.05) is 31.4 Å². The molecule has 1 aliphatic rings. The van der Waals surface area contributed by atoms with Crippen LogP contribution in [0.25, 0.3) is 0 Å². The molecule has 2 amide bonds. The molecule has 0 saturated heterocycles. The summed E-state index contributed by atoms with van der Waals surface area (Å²) in [6.07, 6.45) is -0.965. The monoisotopic (exact) mass is 379 g/mol. The highest BCUT2D eigenvalue weighted by Crippen LogP contribution is 2.31. The number of amides is 2. The van der Waals surface area contributed by atoms with E-state index in [1.165, 1.54) is 19.2 Å². The fraction of sp³-hybridized carbons (Fsp3) is 0.368. The number of halogens is 3. The Balaban J connectivity index is 1.62. The Morgan fingerprint density at radius 1 is 1.22 bits per heavy atom. The van der Waals surface area contributed by atoms with Crippen LogP contribution in [-0.4, -0.2) is 29.1 Å². The lowest BCUT2D eigenvalue weighted by molar-refractivity contribution is -0.137. The number of hydrogen-bond acceptors (Lipinski definition) is 3. The molecule has 1 N–H and O–H groups in total. The number of hydrogen-bond donors (Lipinski definition) is 1. The lowest BCUT2D eigenvalue weighted by Gasteiger charge is -2.23. The van der Waals surface area contributed by atoms with Gasteiger partial charge in [-0.3, -0.25) is 0 Å². The molecule has 0 bridgehead atoms. The summed E-state index contributed by atoms with van der Waals surface area (Å²) in [5.41, 5.74) is 0.816. The van der Waals surface area contributed by atoms with Gasteiger partial charge in [0.1, 0.15) is 0 Å². The summed E-state index contributed by atoms with van der Waals surface area (Å²) in [5, 5.41) is 2.85. The maximum Gasteiger partial charge on any atom is 0.416 e. The zero-order chi connectivity index (χ0) is 19.4. The Morgan fingerprint density at radius 2 is 1.93 bits per heavy atom. The number of nitrogens with one attached hydrogen (secondary N) is 1. The van der Waals surface area contributed by atoms with E-state index >= 15 is 0 Å². The van der Waals surface area contributed by atoms with Crippen molar-refractivity contribution in [2.24, 2.45) is 0 Å². The van der Waals surface area contributed by atoms with Crippen LogP contribution >= 0.6 is 0 Å². The van der Waals surface area contributed by atoms with Crippen LogP contribution in [0, 0.1) is 0 Å². The summed E-state index contributed by atoms with van der Waals surface area (Å²) in [6.45, 7) is 0.586. The van der Waals surface area contributed by atoms with Crippen molar-refractivity contribution in [3.05, 3.63) is 59.3 Å². The smallest absolute Gasteiger partial charge is 0.416 e. The van der Waals surface area contributed by atoms with E-state index in [0.29, 0.717) is 18.0 Å². The largest absolute Gasteiger partial charge is 0.481 e. The van der Waals surface area contributed by atoms with Gasteiger partial charge in [-0.05, 0) is 42.2 Å². The van der Waals surface area contributed by atoms with E-state index in [9.17, 15) is 18.0 Å². The van der Waals surface area contributed by atoms with Gasteiger partial charge in [-0.1, -0.05) is 12.1 Å². The second kappa shape index (κ2) is 7.85. The Kier molecular flexibility index (Phi) is 5.53. The van der Waals surface area contributed by atoms with Crippen LogP contribution in [0.2, 0.25) is 0 Å². The molecule has 1 heterocycles. The molecule has 0 atom stereocenters. The number of alkyl halides is 3. The fourth-order valence-electron chi connectivity index (χ4n) is 2.70. The van der Waals surface area contributed by atoms with E-state index in [1.807, 2.05) is 0 Å². The highest BCUT2D eigenvalue weighted by atomic mass is 19.4. The normalized spacial score (nSPS) is 13.9. The van der Waals surface area contributed by atoms with Gasteiger partial charge in [0.15, 0.2) is 0 Å². The SMILES string of the molecule is COc1cc(CNC(=O)N(Cc2ccc(C(F)(F)F)cc2)C2CC2)ccn1. The third-order valence-corrected chi connectivity index (χ3v) is 4.33. The van der Waals surface area contributed by atoms with Crippen LogP contribution in [-0.2, 0) is 19.3 Å². The molecule has 144 valence electrons. The molecule has 5 nitrogen and oxygen atoms in total. The summed E-state index contributed by atoms with van der Waals surface area (Å²) in [4.78, 5) is 18.3. The van der Waals surface area contributed by atoms with Crippen molar-refractivity contribution in [2.75, 3.05) is 7.11 Å². The van der Waals surface area contributed by atoms with Gasteiger partial charge >= 0.3 is 12.2 Å². The highest BCUT2D eigenvalue weighted by molar-refractivity contribution is 5.75. The number of methoxy groups -OCH3 is 1. The zero-order valence-corrected chi connectivity index (χ0v) is 14.8. The Morgan fingerprint density at radius 3 is 2.52 bits per heavy atom. The van der Waals surface area contributed by atoms with Crippen LogP contribution in [0.3, 0.4) is 0 Å². The van der Waals surface area contributed by atoms with Gasteiger partial charge in [0.05, 0.1) is 12.7 Å². The number of rotatable bonds is 6. The highest BCUT2D eigenvalue weighted by Gasteiger charge is 2.33. The first-order valence-corrected chi connectivity index (χ1v) is 8.56. The third kappa shape index (κ3) is 5.12. The number of ether oxygens (including phenoxy) is 1. The summed E-state index contributed by atoms with van der Waals surface area (Å²) < 4.78 is 43.1. The van der Waals surface area contributed by atoms with E-state index < -0.39 is 11.7 Å². The fourth-order valence-corrected chi connectivity index (χ4v) is 2.70. The molecule has 8 heteroatoms. The van der Waals surface area contributed by atoms with Crippen LogP contribution in [0.4, 0.5) is 18.0 Å². The number of carbonyl (C=O) groups is 1. The number of nitrogens with zero attached hydrogens (tertiary/aromatic N) is 2. The quantitative estimate of drug-likeness (QED) is 0.826. The molecule has 0 radical (unpaired) electrons. The first-order chi connectivity index (χ1) is 12.9. The van der Waals surface area contributed by atoms with Crippen LogP contribution < -0.4 is 10.1 Å². The van der Waals surface area contributed by atoms with Crippen LogP contribution in [0.15, 0.2) is 42.6 Å². The summed E-state index contributed by atoms with van der Waals surface area (Å²) in [5.74, 6) is 0.463. The van der Waals surface area contributed by atoms with Crippen LogP contribution in [0.5, 0.6) is 5.88 Å². The van der Waals surface area contributed by atoms with E-state index in [0.717, 1.165) is 30.5 Å². The summed E-state index contributed by atoms with van der Waals surface area (Å²) in [6, 6.07) is 8.31. The second-order valence-corrected chi connectivity index (χ2v) is 6.42. The minimum absolute atomic E-state index is 0.124. The van der Waals surface area contributed by atoms with Crippen molar-refractivity contribution in [1.29, 1.82) is 0 Å². The molecule has 1 aromatic heterocycles. The molecule has 1 fully saturated rings. The molecule has 2 aromatic rings. The van der Waals surface area contributed by atoms with Crippen molar-refractivity contribution >= 4 is 6.03 Å². The van der Waals surface area contributed by atoms with E-state index in [-0.39, 0.29) is 18.6 Å². The van der Waals surface area contributed by atoms with Gasteiger partial charge in [0.25, 0.3) is 0 Å². The minimum atomic E-state index is -4.36. The molecule has 3 rings (SSSR count). The molecule has 0 unspecified atom stereocenters. The first-order valence-electron chi connectivity index (χ1n) is 8.56. The number of benzene rings is 1. The predicted molar refractivity (Wildman–Crippen MR) is 93.0 cm³/mol. The topological polar surface area (TPSA) is 54.5 Å². The molecule has 27 heavy (non-hydrogen) atoms.